The van der Waals surface area contributed by atoms with Gasteiger partial charge in [-0.3, -0.25) is 0 Å². The van der Waals surface area contributed by atoms with E-state index in [1.807, 2.05) is 0 Å². The third-order valence-corrected chi connectivity index (χ3v) is 12.4. The average Bonchev–Trinajstić information content (AvgIpc) is 3.04. The highest BCUT2D eigenvalue weighted by molar-refractivity contribution is 6.69. The summed E-state index contributed by atoms with van der Waals surface area (Å²) >= 11 is 0. The minimum Gasteiger partial charge on any atom is -0.415 e. The number of rotatable bonds is 7. The molecule has 0 aliphatic heterocycles. The Balaban J connectivity index is 1.42. The van der Waals surface area contributed by atoms with Crippen LogP contribution in [0, 0.1) is 52.3 Å². The monoisotopic (exact) mass is 460 g/mol. The van der Waals surface area contributed by atoms with Crippen molar-refractivity contribution in [3.05, 3.63) is 0 Å². The van der Waals surface area contributed by atoms with Gasteiger partial charge in [-0.1, -0.05) is 53.9 Å². The van der Waals surface area contributed by atoms with Crippen LogP contribution in [0.15, 0.2) is 0 Å². The predicted molar refractivity (Wildman–Crippen MR) is 141 cm³/mol. The quantitative estimate of drug-likeness (QED) is 0.344. The Kier molecular flexibility index (Phi) is 7.37. The van der Waals surface area contributed by atoms with E-state index < -0.39 is 8.32 Å². The van der Waals surface area contributed by atoms with Crippen molar-refractivity contribution in [1.29, 1.82) is 0 Å². The topological polar surface area (TPSA) is 9.23 Å². The average molecular weight is 461 g/mol. The minimum absolute atomic E-state index is 0.563. The van der Waals surface area contributed by atoms with Crippen LogP contribution >= 0.6 is 0 Å². The minimum atomic E-state index is -1.42. The maximum atomic E-state index is 6.62. The van der Waals surface area contributed by atoms with E-state index in [0.29, 0.717) is 16.9 Å². The van der Waals surface area contributed by atoms with E-state index >= 15 is 0 Å². The largest absolute Gasteiger partial charge is 0.415 e. The SMILES string of the molecule is CC(C)CCC[C@@H](C)[C@H]1CC[C@H]2[C@@H]3CC[C@H]4CC(O[Si](C)(C)C)CC[C@]4(C)[C@H]3CC[C@]12C. The first kappa shape index (κ1) is 25.3. The van der Waals surface area contributed by atoms with Crippen molar-refractivity contribution in [1.82, 2.24) is 0 Å². The molecule has 0 saturated heterocycles. The summed E-state index contributed by atoms with van der Waals surface area (Å²) in [5.41, 5.74) is 1.24. The molecule has 0 aromatic carbocycles. The van der Waals surface area contributed by atoms with E-state index in [4.69, 9.17) is 4.43 Å². The number of hydrogen-bond acceptors (Lipinski definition) is 1. The van der Waals surface area contributed by atoms with Crippen LogP contribution in [0.5, 0.6) is 0 Å². The highest BCUT2D eigenvalue weighted by Gasteiger charge is 2.60. The van der Waals surface area contributed by atoms with Crippen LogP contribution in [-0.4, -0.2) is 14.4 Å². The van der Waals surface area contributed by atoms with E-state index in [-0.39, 0.29) is 0 Å². The molecule has 1 unspecified atom stereocenters. The highest BCUT2D eigenvalue weighted by Crippen LogP contribution is 2.68. The van der Waals surface area contributed by atoms with Gasteiger partial charge in [-0.15, -0.1) is 0 Å². The van der Waals surface area contributed by atoms with E-state index in [1.165, 1.54) is 70.6 Å². The molecule has 0 bridgehead atoms. The zero-order chi connectivity index (χ0) is 23.3. The highest BCUT2D eigenvalue weighted by atomic mass is 28.4. The molecule has 0 aromatic rings. The van der Waals surface area contributed by atoms with Gasteiger partial charge in [-0.05, 0) is 130 Å². The van der Waals surface area contributed by atoms with Crippen LogP contribution in [0.2, 0.25) is 19.6 Å². The van der Waals surface area contributed by atoms with Crippen molar-refractivity contribution in [2.24, 2.45) is 52.3 Å². The molecule has 0 spiro atoms. The van der Waals surface area contributed by atoms with Crippen molar-refractivity contribution >= 4 is 8.32 Å². The lowest BCUT2D eigenvalue weighted by atomic mass is 9.44. The summed E-state index contributed by atoms with van der Waals surface area (Å²) in [6.07, 6.45) is 18.2. The maximum absolute atomic E-state index is 6.62. The molecule has 0 radical (unpaired) electrons. The number of hydrogen-bond donors (Lipinski definition) is 0. The van der Waals surface area contributed by atoms with Crippen molar-refractivity contribution in [2.75, 3.05) is 0 Å². The Morgan fingerprint density at radius 1 is 0.812 bits per heavy atom. The molecule has 4 aliphatic carbocycles. The van der Waals surface area contributed by atoms with Crippen LogP contribution in [-0.2, 0) is 4.43 Å². The van der Waals surface area contributed by atoms with Gasteiger partial charge in [0.1, 0.15) is 0 Å². The van der Waals surface area contributed by atoms with E-state index in [1.54, 1.807) is 6.42 Å². The lowest BCUT2D eigenvalue weighted by Gasteiger charge is -2.61. The van der Waals surface area contributed by atoms with Crippen LogP contribution in [0.3, 0.4) is 0 Å². The molecular formula is C30H56OSi. The molecule has 1 nitrogen and oxygen atoms in total. The first-order valence-electron chi connectivity index (χ1n) is 14.6. The van der Waals surface area contributed by atoms with Gasteiger partial charge in [0.15, 0.2) is 8.32 Å². The summed E-state index contributed by atoms with van der Waals surface area (Å²) in [5, 5.41) is 0. The summed E-state index contributed by atoms with van der Waals surface area (Å²) < 4.78 is 6.62. The van der Waals surface area contributed by atoms with Gasteiger partial charge < -0.3 is 4.43 Å². The lowest BCUT2D eigenvalue weighted by molar-refractivity contribution is -0.127. The van der Waals surface area contributed by atoms with Crippen LogP contribution in [0.25, 0.3) is 0 Å². The summed E-state index contributed by atoms with van der Waals surface area (Å²) in [5.74, 6) is 6.77. The first-order valence-corrected chi connectivity index (χ1v) is 18.0. The first-order chi connectivity index (χ1) is 14.9. The summed E-state index contributed by atoms with van der Waals surface area (Å²) in [6.45, 7) is 20.0. The van der Waals surface area contributed by atoms with Gasteiger partial charge >= 0.3 is 0 Å². The van der Waals surface area contributed by atoms with E-state index in [2.05, 4.69) is 54.3 Å². The molecule has 4 fully saturated rings. The summed E-state index contributed by atoms with van der Waals surface area (Å²) in [4.78, 5) is 0. The standard InChI is InChI=1S/C30H56OSi/c1-21(2)10-9-11-22(3)26-14-15-27-25-13-12-23-20-24(31-32(6,7)8)16-18-29(23,4)28(25)17-19-30(26,27)5/h21-28H,9-20H2,1-8H3/t22-,23+,24?,25+,26-,27+,28+,29+,30-/m1/s1. The Morgan fingerprint density at radius 3 is 2.19 bits per heavy atom. The second kappa shape index (κ2) is 9.33. The Labute approximate surface area is 202 Å². The molecule has 2 heteroatoms. The third-order valence-electron chi connectivity index (χ3n) is 11.3. The van der Waals surface area contributed by atoms with Crippen LogP contribution in [0.4, 0.5) is 0 Å². The zero-order valence-electron chi connectivity index (χ0n) is 23.0. The fourth-order valence-electron chi connectivity index (χ4n) is 9.85. The van der Waals surface area contributed by atoms with Gasteiger partial charge in [0, 0.05) is 6.10 Å². The Hall–Kier alpha value is 0.177. The normalized spacial score (nSPS) is 45.3. The van der Waals surface area contributed by atoms with Crippen LogP contribution in [0.1, 0.15) is 112 Å². The molecule has 4 saturated carbocycles. The molecular weight excluding hydrogens is 404 g/mol. The summed E-state index contributed by atoms with van der Waals surface area (Å²) in [6, 6.07) is 0. The molecule has 0 aromatic heterocycles. The smallest absolute Gasteiger partial charge is 0.184 e. The summed E-state index contributed by atoms with van der Waals surface area (Å²) in [7, 11) is -1.42. The van der Waals surface area contributed by atoms with Gasteiger partial charge in [-0.25, -0.2) is 0 Å². The third kappa shape index (κ3) is 4.80. The van der Waals surface area contributed by atoms with Crippen molar-refractivity contribution in [2.45, 2.75) is 137 Å². The molecule has 186 valence electrons. The molecule has 0 N–H and O–H groups in total. The number of fused-ring (bicyclic) bond motifs is 5. The fraction of sp³-hybridized carbons (Fsp3) is 1.00. The van der Waals surface area contributed by atoms with Gasteiger partial charge in [0.2, 0.25) is 0 Å². The molecule has 0 heterocycles. The Morgan fingerprint density at radius 2 is 1.50 bits per heavy atom. The van der Waals surface area contributed by atoms with Crippen molar-refractivity contribution in [3.63, 3.8) is 0 Å². The molecule has 0 amide bonds. The molecule has 4 rings (SSSR count). The van der Waals surface area contributed by atoms with E-state index in [9.17, 15) is 0 Å². The molecule has 32 heavy (non-hydrogen) atoms. The van der Waals surface area contributed by atoms with Crippen molar-refractivity contribution in [3.8, 4) is 0 Å². The second-order valence-corrected chi connectivity index (χ2v) is 19.3. The van der Waals surface area contributed by atoms with Crippen molar-refractivity contribution < 1.29 is 4.43 Å². The van der Waals surface area contributed by atoms with Gasteiger partial charge in [0.25, 0.3) is 0 Å². The second-order valence-electron chi connectivity index (χ2n) is 14.8. The van der Waals surface area contributed by atoms with E-state index in [0.717, 1.165) is 41.4 Å². The predicted octanol–water partition coefficient (Wildman–Crippen LogP) is 9.33. The fourth-order valence-corrected chi connectivity index (χ4v) is 11.1. The maximum Gasteiger partial charge on any atom is 0.184 e. The van der Waals surface area contributed by atoms with Gasteiger partial charge in [0.05, 0.1) is 0 Å². The Bertz CT molecular complexity index is 637. The lowest BCUT2D eigenvalue weighted by Crippen LogP contribution is -2.54. The molecule has 4 aliphatic rings. The molecule has 9 atom stereocenters. The van der Waals surface area contributed by atoms with Gasteiger partial charge in [-0.2, -0.15) is 0 Å². The zero-order valence-corrected chi connectivity index (χ0v) is 24.0. The van der Waals surface area contributed by atoms with Crippen LogP contribution < -0.4 is 0 Å².